The molecule has 2 unspecified atom stereocenters. The van der Waals surface area contributed by atoms with Crippen molar-refractivity contribution in [3.05, 3.63) is 77.9 Å². The van der Waals surface area contributed by atoms with Crippen LogP contribution < -0.4 is 5.32 Å². The summed E-state index contributed by atoms with van der Waals surface area (Å²) >= 11 is 0. The van der Waals surface area contributed by atoms with Crippen LogP contribution in [0, 0.1) is 0 Å². The topological polar surface area (TPSA) is 83.6 Å². The van der Waals surface area contributed by atoms with E-state index in [0.29, 0.717) is 18.4 Å². The molecule has 7 heteroatoms. The summed E-state index contributed by atoms with van der Waals surface area (Å²) < 4.78 is 28.1. The van der Waals surface area contributed by atoms with Crippen molar-refractivity contribution in [3.8, 4) is 0 Å². The SMILES string of the molecule is CC(=O)c1ccc(S(=O)(=O)N2CCCCC2C(=O)NC(C)c2cccc3ccccc23)cc1. The summed E-state index contributed by atoms with van der Waals surface area (Å²) in [5.74, 6) is -0.421. The lowest BCUT2D eigenvalue weighted by Crippen LogP contribution is -2.52. The largest absolute Gasteiger partial charge is 0.348 e. The second-order valence-corrected chi connectivity index (χ2v) is 10.4. The molecule has 1 amide bonds. The van der Waals surface area contributed by atoms with Crippen LogP contribution in [-0.2, 0) is 14.8 Å². The fourth-order valence-electron chi connectivity index (χ4n) is 4.47. The number of rotatable bonds is 6. The number of Topliss-reactive ketones (excluding diaryl/α,β-unsaturated/α-hetero) is 1. The van der Waals surface area contributed by atoms with E-state index in [-0.39, 0.29) is 29.2 Å². The number of carbonyl (C=O) groups excluding carboxylic acids is 2. The summed E-state index contributed by atoms with van der Waals surface area (Å²) in [6, 6.07) is 18.8. The number of benzene rings is 3. The van der Waals surface area contributed by atoms with E-state index < -0.39 is 16.1 Å². The Morgan fingerprint density at radius 1 is 0.970 bits per heavy atom. The zero-order chi connectivity index (χ0) is 23.6. The highest BCUT2D eigenvalue weighted by molar-refractivity contribution is 7.89. The van der Waals surface area contributed by atoms with Gasteiger partial charge in [-0.1, -0.05) is 61.0 Å². The Kier molecular flexibility index (Phi) is 6.63. The molecule has 0 bridgehead atoms. The highest BCUT2D eigenvalue weighted by Gasteiger charge is 2.38. The highest BCUT2D eigenvalue weighted by Crippen LogP contribution is 2.28. The van der Waals surface area contributed by atoms with Crippen LogP contribution in [0.5, 0.6) is 0 Å². The van der Waals surface area contributed by atoms with E-state index in [0.717, 1.165) is 22.8 Å². The normalized spacial score (nSPS) is 18.1. The number of piperidine rings is 1. The zero-order valence-corrected chi connectivity index (χ0v) is 19.6. The molecular weight excluding hydrogens is 436 g/mol. The van der Waals surface area contributed by atoms with Crippen LogP contribution in [0.1, 0.15) is 55.1 Å². The van der Waals surface area contributed by atoms with Gasteiger partial charge in [-0.2, -0.15) is 4.31 Å². The van der Waals surface area contributed by atoms with Gasteiger partial charge in [-0.15, -0.1) is 0 Å². The van der Waals surface area contributed by atoms with Crippen molar-refractivity contribution < 1.29 is 18.0 Å². The van der Waals surface area contributed by atoms with Gasteiger partial charge in [0, 0.05) is 12.1 Å². The Hall–Kier alpha value is -3.03. The van der Waals surface area contributed by atoms with E-state index >= 15 is 0 Å². The molecule has 4 rings (SSSR count). The number of nitrogens with one attached hydrogen (secondary N) is 1. The van der Waals surface area contributed by atoms with Crippen LogP contribution >= 0.6 is 0 Å². The van der Waals surface area contributed by atoms with Gasteiger partial charge < -0.3 is 5.32 Å². The molecule has 0 aromatic heterocycles. The Balaban J connectivity index is 1.57. The predicted molar refractivity (Wildman–Crippen MR) is 128 cm³/mol. The first-order valence-corrected chi connectivity index (χ1v) is 12.6. The van der Waals surface area contributed by atoms with Gasteiger partial charge in [0.1, 0.15) is 6.04 Å². The van der Waals surface area contributed by atoms with Crippen LogP contribution in [0.2, 0.25) is 0 Å². The first kappa shape index (κ1) is 23.1. The molecule has 6 nitrogen and oxygen atoms in total. The molecule has 0 saturated carbocycles. The fourth-order valence-corrected chi connectivity index (χ4v) is 6.12. The molecule has 1 N–H and O–H groups in total. The summed E-state index contributed by atoms with van der Waals surface area (Å²) in [4.78, 5) is 24.9. The van der Waals surface area contributed by atoms with Crippen LogP contribution in [0.15, 0.2) is 71.6 Å². The smallest absolute Gasteiger partial charge is 0.243 e. The number of hydrogen-bond acceptors (Lipinski definition) is 4. The zero-order valence-electron chi connectivity index (χ0n) is 18.8. The summed E-state index contributed by atoms with van der Waals surface area (Å²) in [5.41, 5.74) is 1.44. The van der Waals surface area contributed by atoms with E-state index in [4.69, 9.17) is 0 Å². The van der Waals surface area contributed by atoms with Crippen LogP contribution in [0.25, 0.3) is 10.8 Å². The number of hydrogen-bond donors (Lipinski definition) is 1. The monoisotopic (exact) mass is 464 g/mol. The maximum Gasteiger partial charge on any atom is 0.243 e. The average molecular weight is 465 g/mol. The molecule has 172 valence electrons. The number of nitrogens with zero attached hydrogens (tertiary/aromatic N) is 1. The molecule has 1 aliphatic rings. The molecule has 0 aliphatic carbocycles. The molecule has 3 aromatic carbocycles. The van der Waals surface area contributed by atoms with Gasteiger partial charge in [0.15, 0.2) is 5.78 Å². The molecule has 0 spiro atoms. The minimum absolute atomic E-state index is 0.0919. The van der Waals surface area contributed by atoms with Crippen molar-refractivity contribution in [1.82, 2.24) is 9.62 Å². The van der Waals surface area contributed by atoms with E-state index in [1.165, 1.54) is 35.5 Å². The van der Waals surface area contributed by atoms with Crippen LogP contribution in [0.4, 0.5) is 0 Å². The number of carbonyl (C=O) groups is 2. The van der Waals surface area contributed by atoms with Crippen molar-refractivity contribution in [2.24, 2.45) is 0 Å². The molecule has 33 heavy (non-hydrogen) atoms. The molecule has 1 fully saturated rings. The van der Waals surface area contributed by atoms with Gasteiger partial charge in [0.2, 0.25) is 15.9 Å². The van der Waals surface area contributed by atoms with Crippen LogP contribution in [0.3, 0.4) is 0 Å². The fraction of sp³-hybridized carbons (Fsp3) is 0.308. The van der Waals surface area contributed by atoms with E-state index in [2.05, 4.69) is 5.32 Å². The lowest BCUT2D eigenvalue weighted by atomic mass is 9.98. The van der Waals surface area contributed by atoms with Crippen molar-refractivity contribution in [3.63, 3.8) is 0 Å². The van der Waals surface area contributed by atoms with Crippen molar-refractivity contribution in [1.29, 1.82) is 0 Å². The van der Waals surface area contributed by atoms with Gasteiger partial charge in [0.05, 0.1) is 10.9 Å². The molecule has 3 aromatic rings. The van der Waals surface area contributed by atoms with Crippen molar-refractivity contribution in [2.45, 2.75) is 50.1 Å². The van der Waals surface area contributed by atoms with Gasteiger partial charge in [-0.25, -0.2) is 8.42 Å². The number of sulfonamides is 1. The molecule has 0 radical (unpaired) electrons. The minimum Gasteiger partial charge on any atom is -0.348 e. The van der Waals surface area contributed by atoms with E-state index in [1.807, 2.05) is 49.4 Å². The maximum absolute atomic E-state index is 13.4. The summed E-state index contributed by atoms with van der Waals surface area (Å²) in [6.07, 6.45) is 1.96. The summed E-state index contributed by atoms with van der Waals surface area (Å²) in [5, 5.41) is 5.20. The van der Waals surface area contributed by atoms with E-state index in [1.54, 1.807) is 0 Å². The predicted octanol–water partition coefficient (Wildman–Crippen LogP) is 4.46. The third kappa shape index (κ3) is 4.70. The lowest BCUT2D eigenvalue weighted by Gasteiger charge is -2.34. The van der Waals surface area contributed by atoms with E-state index in [9.17, 15) is 18.0 Å². The molecule has 1 saturated heterocycles. The second kappa shape index (κ2) is 9.45. The summed E-state index contributed by atoms with van der Waals surface area (Å²) in [7, 11) is -3.87. The standard InChI is InChI=1S/C26H28N2O4S/c1-18(23-11-7-9-21-8-3-4-10-24(21)23)27-26(30)25-12-5-6-17-28(25)33(31,32)22-15-13-20(14-16-22)19(2)29/h3-4,7-11,13-16,18,25H,5-6,12,17H2,1-2H3,(H,27,30). The van der Waals surface area contributed by atoms with Gasteiger partial charge >= 0.3 is 0 Å². The Bertz CT molecular complexity index is 1280. The number of amides is 1. The molecular formula is C26H28N2O4S. The first-order valence-electron chi connectivity index (χ1n) is 11.2. The second-order valence-electron chi connectivity index (χ2n) is 8.51. The average Bonchev–Trinajstić information content (AvgIpc) is 2.83. The van der Waals surface area contributed by atoms with Gasteiger partial charge in [-0.05, 0) is 55.2 Å². The Labute approximate surface area is 194 Å². The first-order chi connectivity index (χ1) is 15.8. The van der Waals surface area contributed by atoms with Gasteiger partial charge in [0.25, 0.3) is 0 Å². The maximum atomic E-state index is 13.4. The minimum atomic E-state index is -3.87. The van der Waals surface area contributed by atoms with Crippen molar-refractivity contribution in [2.75, 3.05) is 6.54 Å². The molecule has 1 aliphatic heterocycles. The van der Waals surface area contributed by atoms with Crippen LogP contribution in [-0.4, -0.2) is 37.0 Å². The number of fused-ring (bicyclic) bond motifs is 1. The number of ketones is 1. The Morgan fingerprint density at radius 2 is 1.67 bits per heavy atom. The van der Waals surface area contributed by atoms with Crippen molar-refractivity contribution >= 4 is 32.5 Å². The Morgan fingerprint density at radius 3 is 2.39 bits per heavy atom. The lowest BCUT2D eigenvalue weighted by molar-refractivity contribution is -0.126. The molecule has 1 heterocycles. The third-order valence-corrected chi connectivity index (χ3v) is 8.19. The molecule has 2 atom stereocenters. The third-order valence-electron chi connectivity index (χ3n) is 6.27. The summed E-state index contributed by atoms with van der Waals surface area (Å²) in [6.45, 7) is 3.64. The quantitative estimate of drug-likeness (QED) is 0.546. The highest BCUT2D eigenvalue weighted by atomic mass is 32.2. The van der Waals surface area contributed by atoms with Gasteiger partial charge in [-0.3, -0.25) is 9.59 Å².